The minimum absolute atomic E-state index is 0.0322. The molecule has 2 aliphatic rings. The van der Waals surface area contributed by atoms with Gasteiger partial charge in [0.2, 0.25) is 0 Å². The Morgan fingerprint density at radius 3 is 2.48 bits per heavy atom. The molecule has 0 aromatic carbocycles. The summed E-state index contributed by atoms with van der Waals surface area (Å²) in [5.74, 6) is -0.0394. The Bertz CT molecular complexity index is 1600. The van der Waals surface area contributed by atoms with E-state index in [-0.39, 0.29) is 36.5 Å². The number of fused-ring (bicyclic) bond motifs is 1. The summed E-state index contributed by atoms with van der Waals surface area (Å²) in [6, 6.07) is 1.34. The zero-order valence-electron chi connectivity index (χ0n) is 22.3. The molecule has 3 aromatic rings. The second-order valence-corrected chi connectivity index (χ2v) is 12.6. The molecule has 7 N–H and O–H groups in total. The van der Waals surface area contributed by atoms with Crippen molar-refractivity contribution in [2.24, 2.45) is 11.8 Å². The van der Waals surface area contributed by atoms with Gasteiger partial charge in [-0.15, -0.1) is 0 Å². The number of ether oxygens (including phenoxy) is 2. The maximum atomic E-state index is 13.0. The minimum atomic E-state index is -4.92. The lowest BCUT2D eigenvalue weighted by atomic mass is 9.93. The van der Waals surface area contributed by atoms with Crippen LogP contribution in [0.1, 0.15) is 32.7 Å². The number of nitrogen functional groups attached to an aromatic ring is 2. The Labute approximate surface area is 237 Å². The second-order valence-electron chi connectivity index (χ2n) is 9.97. The van der Waals surface area contributed by atoms with Gasteiger partial charge >= 0.3 is 21.3 Å². The van der Waals surface area contributed by atoms with Crippen LogP contribution in [0.25, 0.3) is 11.2 Å². The SMILES string of the molecule is C[C@@H]1[C@H](C)[C@@H](COP(=O)(O)O[C@H]2C[C@H](n3ccc(N)nc3=O)O[C@@H]2COP(=O)(O)O)O[C@H]1n1cnc2c(N)ncnc21. The maximum Gasteiger partial charge on any atom is 0.472 e. The largest absolute Gasteiger partial charge is 0.472 e. The van der Waals surface area contributed by atoms with Crippen molar-refractivity contribution in [2.45, 2.75) is 51.0 Å². The molecule has 19 nitrogen and oxygen atoms in total. The number of anilines is 2. The summed E-state index contributed by atoms with van der Waals surface area (Å²) in [5, 5.41) is 0. The number of hydrogen-bond donors (Lipinski definition) is 5. The molecule has 0 saturated carbocycles. The molecular formula is C21H30N8O11P2. The van der Waals surface area contributed by atoms with Crippen LogP contribution in [0, 0.1) is 11.8 Å². The van der Waals surface area contributed by atoms with Crippen molar-refractivity contribution in [1.82, 2.24) is 29.1 Å². The standard InChI is InChI=1S/C21H30N8O11P2/c1-10-11(2)20(29-9-26-17-18(23)24-8-25-19(17)29)39-13(10)6-37-42(34,35)40-12-5-16(28-4-3-15(22)27-21(28)30)38-14(12)7-36-41(31,32)33/h3-4,8-14,16,20H,5-7H2,1-2H3,(H,34,35)(H2,22,27,30)(H2,23,24,25)(H2,31,32,33)/t10-,11+,12-,13+,14+,16+,20+/m0/s1. The first kappa shape index (κ1) is 30.6. The lowest BCUT2D eigenvalue weighted by Crippen LogP contribution is -2.29. The van der Waals surface area contributed by atoms with Crippen molar-refractivity contribution < 1.29 is 46.9 Å². The second kappa shape index (κ2) is 11.7. The third-order valence-corrected chi connectivity index (χ3v) is 8.76. The van der Waals surface area contributed by atoms with Crippen molar-refractivity contribution in [3.8, 4) is 0 Å². The maximum absolute atomic E-state index is 13.0. The third kappa shape index (κ3) is 6.55. The zero-order valence-corrected chi connectivity index (χ0v) is 24.1. The number of phosphoric acid groups is 2. The molecular weight excluding hydrogens is 602 g/mol. The highest BCUT2D eigenvalue weighted by Gasteiger charge is 2.45. The highest BCUT2D eigenvalue weighted by molar-refractivity contribution is 7.47. The quantitative estimate of drug-likeness (QED) is 0.188. The van der Waals surface area contributed by atoms with Crippen LogP contribution in [-0.2, 0) is 32.2 Å². The van der Waals surface area contributed by atoms with Gasteiger partial charge in [-0.25, -0.2) is 28.9 Å². The van der Waals surface area contributed by atoms with E-state index in [0.29, 0.717) is 11.2 Å². The third-order valence-electron chi connectivity index (χ3n) is 7.26. The molecule has 8 atom stereocenters. The molecule has 0 amide bonds. The van der Waals surface area contributed by atoms with Gasteiger partial charge in [-0.3, -0.25) is 22.7 Å². The Hall–Kier alpha value is -2.83. The number of imidazole rings is 1. The number of aromatic nitrogens is 6. The molecule has 5 heterocycles. The molecule has 0 radical (unpaired) electrons. The Balaban J connectivity index is 1.26. The van der Waals surface area contributed by atoms with Gasteiger partial charge in [0.15, 0.2) is 11.5 Å². The van der Waals surface area contributed by atoms with Gasteiger partial charge in [-0.1, -0.05) is 13.8 Å². The van der Waals surface area contributed by atoms with E-state index >= 15 is 0 Å². The number of nitrogens with two attached hydrogens (primary N) is 2. The van der Waals surface area contributed by atoms with E-state index in [0.717, 1.165) is 4.57 Å². The predicted octanol–water partition coefficient (Wildman–Crippen LogP) is 0.316. The fourth-order valence-corrected chi connectivity index (χ4v) is 6.21. The number of hydrogen-bond acceptors (Lipinski definition) is 14. The molecule has 42 heavy (non-hydrogen) atoms. The fourth-order valence-electron chi connectivity index (χ4n) is 4.91. The first-order chi connectivity index (χ1) is 19.7. The lowest BCUT2D eigenvalue weighted by Gasteiger charge is -2.23. The van der Waals surface area contributed by atoms with E-state index in [1.54, 1.807) is 4.57 Å². The van der Waals surface area contributed by atoms with Crippen molar-refractivity contribution in [2.75, 3.05) is 24.7 Å². The van der Waals surface area contributed by atoms with Crippen LogP contribution < -0.4 is 17.2 Å². The molecule has 230 valence electrons. The fraction of sp³-hybridized carbons (Fsp3) is 0.571. The van der Waals surface area contributed by atoms with Crippen LogP contribution in [0.4, 0.5) is 11.6 Å². The number of rotatable bonds is 10. The first-order valence-corrected chi connectivity index (χ1v) is 15.7. The molecule has 0 bridgehead atoms. The summed E-state index contributed by atoms with van der Waals surface area (Å²) in [5.41, 5.74) is 11.5. The summed E-state index contributed by atoms with van der Waals surface area (Å²) in [4.78, 5) is 57.1. The van der Waals surface area contributed by atoms with Crippen LogP contribution in [0.2, 0.25) is 0 Å². The van der Waals surface area contributed by atoms with E-state index < -0.39 is 58.7 Å². The highest BCUT2D eigenvalue weighted by atomic mass is 31.2. The van der Waals surface area contributed by atoms with Gasteiger partial charge in [0.25, 0.3) is 0 Å². The van der Waals surface area contributed by atoms with E-state index in [2.05, 4.69) is 24.5 Å². The van der Waals surface area contributed by atoms with Gasteiger partial charge in [0.1, 0.15) is 42.3 Å². The number of phosphoric ester groups is 2. The summed E-state index contributed by atoms with van der Waals surface area (Å²) in [7, 11) is -9.72. The van der Waals surface area contributed by atoms with Crippen LogP contribution >= 0.6 is 15.6 Å². The topological polar surface area (TPSA) is 272 Å². The predicted molar refractivity (Wildman–Crippen MR) is 142 cm³/mol. The monoisotopic (exact) mass is 632 g/mol. The van der Waals surface area contributed by atoms with Crippen molar-refractivity contribution in [3.05, 3.63) is 35.4 Å². The Kier molecular flexibility index (Phi) is 8.52. The smallest absolute Gasteiger partial charge is 0.383 e. The molecule has 3 aromatic heterocycles. The lowest BCUT2D eigenvalue weighted by molar-refractivity contribution is -0.0519. The Morgan fingerprint density at radius 1 is 1.02 bits per heavy atom. The molecule has 21 heteroatoms. The van der Waals surface area contributed by atoms with Crippen LogP contribution in [0.5, 0.6) is 0 Å². The molecule has 2 saturated heterocycles. The normalized spacial score (nSPS) is 29.7. The summed E-state index contributed by atoms with van der Waals surface area (Å²) in [6.07, 6.45) is -0.785. The first-order valence-electron chi connectivity index (χ1n) is 12.7. The molecule has 2 aliphatic heterocycles. The highest BCUT2D eigenvalue weighted by Crippen LogP contribution is 2.50. The molecule has 0 spiro atoms. The van der Waals surface area contributed by atoms with E-state index in [9.17, 15) is 18.8 Å². The van der Waals surface area contributed by atoms with Gasteiger partial charge in [0, 0.05) is 18.5 Å². The van der Waals surface area contributed by atoms with Crippen molar-refractivity contribution in [3.63, 3.8) is 0 Å². The van der Waals surface area contributed by atoms with E-state index in [1.165, 1.54) is 24.9 Å². The minimum Gasteiger partial charge on any atom is -0.383 e. The van der Waals surface area contributed by atoms with E-state index in [4.69, 9.17) is 39.8 Å². The average molecular weight is 632 g/mol. The van der Waals surface area contributed by atoms with Gasteiger partial charge < -0.3 is 35.6 Å². The molecule has 1 unspecified atom stereocenters. The summed E-state index contributed by atoms with van der Waals surface area (Å²) < 4.78 is 54.0. The zero-order chi connectivity index (χ0) is 30.4. The van der Waals surface area contributed by atoms with Gasteiger partial charge in [-0.2, -0.15) is 4.98 Å². The molecule has 2 fully saturated rings. The number of nitrogens with zero attached hydrogens (tertiary/aromatic N) is 6. The van der Waals surface area contributed by atoms with Gasteiger partial charge in [-0.05, 0) is 12.0 Å². The summed E-state index contributed by atoms with van der Waals surface area (Å²) >= 11 is 0. The molecule has 5 rings (SSSR count). The Morgan fingerprint density at radius 2 is 1.76 bits per heavy atom. The van der Waals surface area contributed by atoms with Gasteiger partial charge in [0.05, 0.1) is 25.6 Å². The average Bonchev–Trinajstić information content (AvgIpc) is 3.58. The van der Waals surface area contributed by atoms with Crippen LogP contribution in [-0.4, -0.2) is 75.3 Å². The summed E-state index contributed by atoms with van der Waals surface area (Å²) in [6.45, 7) is 2.79. The van der Waals surface area contributed by atoms with Crippen LogP contribution in [0.3, 0.4) is 0 Å². The van der Waals surface area contributed by atoms with Crippen molar-refractivity contribution in [1.29, 1.82) is 0 Å². The van der Waals surface area contributed by atoms with Crippen molar-refractivity contribution >= 4 is 38.4 Å². The van der Waals surface area contributed by atoms with Crippen LogP contribution in [0.15, 0.2) is 29.7 Å². The van der Waals surface area contributed by atoms with E-state index in [1.807, 2.05) is 13.8 Å². The molecule has 0 aliphatic carbocycles.